The van der Waals surface area contributed by atoms with E-state index < -0.39 is 10.0 Å². The molecule has 2 heterocycles. The van der Waals surface area contributed by atoms with Crippen LogP contribution in [0, 0.1) is 6.92 Å². The number of nitrogens with zero attached hydrogens (tertiary/aromatic N) is 2. The second-order valence-electron chi connectivity index (χ2n) is 5.90. The molecule has 0 saturated heterocycles. The van der Waals surface area contributed by atoms with Crippen molar-refractivity contribution in [3.05, 3.63) is 40.2 Å². The van der Waals surface area contributed by atoms with E-state index in [1.54, 1.807) is 31.2 Å². The molecule has 3 aromatic rings. The number of benzene rings is 1. The molecule has 3 rings (SSSR count). The van der Waals surface area contributed by atoms with E-state index in [-0.39, 0.29) is 16.8 Å². The highest BCUT2D eigenvalue weighted by Crippen LogP contribution is 2.34. The summed E-state index contributed by atoms with van der Waals surface area (Å²) < 4.78 is 33.1. The summed E-state index contributed by atoms with van der Waals surface area (Å²) >= 11 is 7.29. The average molecular weight is 412 g/mol. The van der Waals surface area contributed by atoms with Crippen molar-refractivity contribution in [2.75, 3.05) is 0 Å². The molecule has 0 fully saturated rings. The molecule has 1 aromatic carbocycles. The summed E-state index contributed by atoms with van der Waals surface area (Å²) in [5.74, 6) is 0.675. The van der Waals surface area contributed by atoms with Crippen LogP contribution in [0.2, 0.25) is 5.02 Å². The van der Waals surface area contributed by atoms with Gasteiger partial charge in [-0.05, 0) is 38.5 Å². The molecule has 0 aliphatic rings. The number of hydrogen-bond acceptors (Lipinski definition) is 6. The lowest BCUT2D eigenvalue weighted by Gasteiger charge is -2.11. The molecule has 1 unspecified atom stereocenters. The third-order valence-corrected chi connectivity index (χ3v) is 6.97. The predicted octanol–water partition coefficient (Wildman–Crippen LogP) is 4.50. The van der Waals surface area contributed by atoms with Gasteiger partial charge < -0.3 is 4.52 Å². The van der Waals surface area contributed by atoms with Crippen LogP contribution in [0.4, 0.5) is 0 Å². The quantitative estimate of drug-likeness (QED) is 0.645. The summed E-state index contributed by atoms with van der Waals surface area (Å²) in [6.07, 6.45) is 0.710. The maximum absolute atomic E-state index is 12.5. The molecule has 2 aromatic heterocycles. The maximum atomic E-state index is 12.5. The van der Waals surface area contributed by atoms with E-state index in [0.717, 1.165) is 5.56 Å². The Labute approximate surface area is 161 Å². The van der Waals surface area contributed by atoms with Crippen LogP contribution in [0.15, 0.2) is 39.8 Å². The fourth-order valence-corrected chi connectivity index (χ4v) is 5.35. The number of aromatic nitrogens is 2. The van der Waals surface area contributed by atoms with Crippen molar-refractivity contribution < 1.29 is 12.9 Å². The largest absolute Gasteiger partial charge is 0.333 e. The van der Waals surface area contributed by atoms with Gasteiger partial charge in [0.05, 0.1) is 9.77 Å². The second-order valence-corrected chi connectivity index (χ2v) is 9.27. The van der Waals surface area contributed by atoms with E-state index in [1.807, 2.05) is 19.9 Å². The van der Waals surface area contributed by atoms with E-state index in [1.165, 1.54) is 11.3 Å². The lowest BCUT2D eigenvalue weighted by atomic mass is 10.2. The Morgan fingerprint density at radius 2 is 2.12 bits per heavy atom. The minimum absolute atomic E-state index is 0.138. The van der Waals surface area contributed by atoms with Gasteiger partial charge >= 0.3 is 0 Å². The number of hydrogen-bond donors (Lipinski definition) is 1. The molecule has 1 N–H and O–H groups in total. The van der Waals surface area contributed by atoms with Crippen LogP contribution in [-0.4, -0.2) is 24.6 Å². The first-order chi connectivity index (χ1) is 12.3. The SMILES string of the molecule is CCC(C)NS(=O)(=O)c1cc(-c2nc(-c3cccc(Cl)c3)no2)sc1C. The standard InChI is InChI=1S/C17H18ClN3O3S2/c1-4-10(2)21-26(22,23)15-9-14(25-11(15)3)17-19-16(20-24-17)12-6-5-7-13(18)8-12/h5-10,21H,4H2,1-3H3. The molecule has 9 heteroatoms. The maximum Gasteiger partial charge on any atom is 0.268 e. The molecule has 0 aliphatic carbocycles. The molecular weight excluding hydrogens is 394 g/mol. The summed E-state index contributed by atoms with van der Waals surface area (Å²) in [5.41, 5.74) is 0.729. The topological polar surface area (TPSA) is 85.1 Å². The number of rotatable bonds is 6. The average Bonchev–Trinajstić information content (AvgIpc) is 3.21. The van der Waals surface area contributed by atoms with Gasteiger partial charge in [0, 0.05) is 21.5 Å². The van der Waals surface area contributed by atoms with Crippen molar-refractivity contribution in [1.82, 2.24) is 14.9 Å². The molecule has 0 saturated carbocycles. The molecule has 0 bridgehead atoms. The van der Waals surface area contributed by atoms with Gasteiger partial charge in [0.15, 0.2) is 0 Å². The van der Waals surface area contributed by atoms with Crippen molar-refractivity contribution in [3.63, 3.8) is 0 Å². The Balaban J connectivity index is 1.93. The molecule has 6 nitrogen and oxygen atoms in total. The number of thiophene rings is 1. The summed E-state index contributed by atoms with van der Waals surface area (Å²) in [6, 6.07) is 8.55. The summed E-state index contributed by atoms with van der Waals surface area (Å²) in [6.45, 7) is 5.51. The van der Waals surface area contributed by atoms with E-state index >= 15 is 0 Å². The molecule has 0 aliphatic heterocycles. The van der Waals surface area contributed by atoms with Crippen molar-refractivity contribution in [2.24, 2.45) is 0 Å². The lowest BCUT2D eigenvalue weighted by molar-refractivity contribution is 0.433. The summed E-state index contributed by atoms with van der Waals surface area (Å²) in [4.78, 5) is 5.87. The Morgan fingerprint density at radius 3 is 2.81 bits per heavy atom. The van der Waals surface area contributed by atoms with Crippen LogP contribution in [0.5, 0.6) is 0 Å². The summed E-state index contributed by atoms with van der Waals surface area (Å²) in [5, 5.41) is 4.54. The molecule has 138 valence electrons. The lowest BCUT2D eigenvalue weighted by Crippen LogP contribution is -2.32. The van der Waals surface area contributed by atoms with Crippen LogP contribution in [0.3, 0.4) is 0 Å². The highest BCUT2D eigenvalue weighted by molar-refractivity contribution is 7.89. The molecular formula is C17H18ClN3O3S2. The first-order valence-electron chi connectivity index (χ1n) is 8.03. The van der Waals surface area contributed by atoms with Gasteiger partial charge in [-0.1, -0.05) is 35.8 Å². The minimum atomic E-state index is -3.59. The van der Waals surface area contributed by atoms with Crippen molar-refractivity contribution in [3.8, 4) is 22.2 Å². The van der Waals surface area contributed by atoms with Crippen LogP contribution in [-0.2, 0) is 10.0 Å². The zero-order chi connectivity index (χ0) is 18.9. The zero-order valence-corrected chi connectivity index (χ0v) is 16.9. The minimum Gasteiger partial charge on any atom is -0.333 e. The highest BCUT2D eigenvalue weighted by atomic mass is 35.5. The fraction of sp³-hybridized carbons (Fsp3) is 0.294. The normalized spacial score (nSPS) is 13.1. The first-order valence-corrected chi connectivity index (χ1v) is 10.7. The van der Waals surface area contributed by atoms with Gasteiger partial charge in [-0.3, -0.25) is 0 Å². The molecule has 26 heavy (non-hydrogen) atoms. The second kappa shape index (κ2) is 7.48. The highest BCUT2D eigenvalue weighted by Gasteiger charge is 2.24. The van der Waals surface area contributed by atoms with Gasteiger partial charge in [0.25, 0.3) is 5.89 Å². The van der Waals surface area contributed by atoms with Gasteiger partial charge in [0.2, 0.25) is 15.8 Å². The van der Waals surface area contributed by atoms with Crippen LogP contribution >= 0.6 is 22.9 Å². The smallest absolute Gasteiger partial charge is 0.268 e. The van der Waals surface area contributed by atoms with Crippen LogP contribution in [0.25, 0.3) is 22.2 Å². The Bertz CT molecular complexity index is 1030. The van der Waals surface area contributed by atoms with Crippen LogP contribution in [0.1, 0.15) is 25.1 Å². The van der Waals surface area contributed by atoms with Gasteiger partial charge in [-0.2, -0.15) is 4.98 Å². The van der Waals surface area contributed by atoms with E-state index in [2.05, 4.69) is 14.9 Å². The monoisotopic (exact) mass is 411 g/mol. The van der Waals surface area contributed by atoms with Crippen molar-refractivity contribution in [2.45, 2.75) is 38.1 Å². The third-order valence-electron chi connectivity index (χ3n) is 3.85. The van der Waals surface area contributed by atoms with Crippen LogP contribution < -0.4 is 4.72 Å². The number of halogens is 1. The van der Waals surface area contributed by atoms with E-state index in [0.29, 0.717) is 27.0 Å². The van der Waals surface area contributed by atoms with E-state index in [9.17, 15) is 8.42 Å². The fourth-order valence-electron chi connectivity index (χ4n) is 2.32. The van der Waals surface area contributed by atoms with Crippen molar-refractivity contribution >= 4 is 33.0 Å². The predicted molar refractivity (Wildman–Crippen MR) is 103 cm³/mol. The van der Waals surface area contributed by atoms with Gasteiger partial charge in [0.1, 0.15) is 0 Å². The third kappa shape index (κ3) is 3.98. The first kappa shape index (κ1) is 19.0. The summed E-state index contributed by atoms with van der Waals surface area (Å²) in [7, 11) is -3.59. The van der Waals surface area contributed by atoms with E-state index in [4.69, 9.17) is 16.1 Å². The Morgan fingerprint density at radius 1 is 1.35 bits per heavy atom. The molecule has 0 amide bonds. The van der Waals surface area contributed by atoms with Crippen molar-refractivity contribution in [1.29, 1.82) is 0 Å². The molecule has 1 atom stereocenters. The number of nitrogens with one attached hydrogen (secondary N) is 1. The molecule has 0 spiro atoms. The molecule has 0 radical (unpaired) electrons. The Kier molecular flexibility index (Phi) is 5.47. The Hall–Kier alpha value is -1.74. The number of sulfonamides is 1. The number of aryl methyl sites for hydroxylation is 1. The zero-order valence-electron chi connectivity index (χ0n) is 14.5. The van der Waals surface area contributed by atoms with Gasteiger partial charge in [-0.25, -0.2) is 13.1 Å². The van der Waals surface area contributed by atoms with Gasteiger partial charge in [-0.15, -0.1) is 11.3 Å².